The van der Waals surface area contributed by atoms with Gasteiger partial charge in [-0.05, 0) is 55.7 Å². The molecule has 26 heavy (non-hydrogen) atoms. The molecule has 1 aliphatic carbocycles. The summed E-state index contributed by atoms with van der Waals surface area (Å²) in [5.41, 5.74) is 1.70. The lowest BCUT2D eigenvalue weighted by molar-refractivity contribution is -0.140. The van der Waals surface area contributed by atoms with Gasteiger partial charge in [0.05, 0.1) is 12.5 Å². The standard InChI is InChI=1S/C21H29NO4/c1-15-5-6-17(14-18(15)26-2)21(9-3-4-10-21)20(25)22-11-7-16(8-12-22)13-19(23)24/h5-6,14,16H,3-4,7-13H2,1-2H3,(H,23,24). The Hall–Kier alpha value is -2.04. The lowest BCUT2D eigenvalue weighted by Gasteiger charge is -2.38. The van der Waals surface area contributed by atoms with Gasteiger partial charge in [-0.1, -0.05) is 25.0 Å². The van der Waals surface area contributed by atoms with Gasteiger partial charge in [-0.2, -0.15) is 0 Å². The van der Waals surface area contributed by atoms with Crippen molar-refractivity contribution in [3.8, 4) is 5.75 Å². The van der Waals surface area contributed by atoms with Crippen LogP contribution in [0.5, 0.6) is 5.75 Å². The molecule has 0 spiro atoms. The summed E-state index contributed by atoms with van der Waals surface area (Å²) in [6.07, 6.45) is 5.67. The first-order valence-electron chi connectivity index (χ1n) is 9.62. The molecule has 1 heterocycles. The van der Waals surface area contributed by atoms with Crippen LogP contribution in [-0.4, -0.2) is 42.1 Å². The largest absolute Gasteiger partial charge is 0.496 e. The molecule has 0 unspecified atom stereocenters. The van der Waals surface area contributed by atoms with Crippen LogP contribution in [0.1, 0.15) is 56.1 Å². The Bertz CT molecular complexity index is 671. The number of amides is 1. The first-order valence-corrected chi connectivity index (χ1v) is 9.62. The average Bonchev–Trinajstić information content (AvgIpc) is 3.12. The lowest BCUT2D eigenvalue weighted by atomic mass is 9.76. The zero-order valence-electron chi connectivity index (χ0n) is 15.8. The molecule has 0 atom stereocenters. The predicted octanol–water partition coefficient (Wildman–Crippen LogP) is 3.53. The number of benzene rings is 1. The maximum absolute atomic E-state index is 13.5. The van der Waals surface area contributed by atoms with Crippen LogP contribution < -0.4 is 4.74 Å². The van der Waals surface area contributed by atoms with Gasteiger partial charge in [0.15, 0.2) is 0 Å². The van der Waals surface area contributed by atoms with Gasteiger partial charge >= 0.3 is 5.97 Å². The number of methoxy groups -OCH3 is 1. The molecular formula is C21H29NO4. The number of ether oxygens (including phenoxy) is 1. The maximum atomic E-state index is 13.5. The molecule has 1 saturated carbocycles. The number of carbonyl (C=O) groups excluding carboxylic acids is 1. The number of aryl methyl sites for hydroxylation is 1. The summed E-state index contributed by atoms with van der Waals surface area (Å²) in [6, 6.07) is 6.16. The summed E-state index contributed by atoms with van der Waals surface area (Å²) >= 11 is 0. The fourth-order valence-electron chi connectivity index (χ4n) is 4.61. The predicted molar refractivity (Wildman–Crippen MR) is 99.4 cm³/mol. The topological polar surface area (TPSA) is 66.8 Å². The van der Waals surface area contributed by atoms with Gasteiger partial charge in [-0.15, -0.1) is 0 Å². The number of carboxylic acids is 1. The van der Waals surface area contributed by atoms with Gasteiger partial charge in [-0.3, -0.25) is 9.59 Å². The third kappa shape index (κ3) is 3.57. The Balaban J connectivity index is 1.80. The Labute approximate surface area is 155 Å². The van der Waals surface area contributed by atoms with E-state index in [9.17, 15) is 9.59 Å². The summed E-state index contributed by atoms with van der Waals surface area (Å²) in [4.78, 5) is 26.4. The van der Waals surface area contributed by atoms with Gasteiger partial charge in [0.2, 0.25) is 5.91 Å². The Morgan fingerprint density at radius 2 is 1.88 bits per heavy atom. The molecule has 1 amide bonds. The first-order chi connectivity index (χ1) is 12.5. The number of hydrogen-bond donors (Lipinski definition) is 1. The van der Waals surface area contributed by atoms with E-state index in [1.807, 2.05) is 24.0 Å². The minimum absolute atomic E-state index is 0.190. The molecule has 3 rings (SSSR count). The van der Waals surface area contributed by atoms with Crippen LogP contribution in [0, 0.1) is 12.8 Å². The van der Waals surface area contributed by atoms with Crippen molar-refractivity contribution in [2.45, 2.75) is 57.3 Å². The molecule has 1 N–H and O–H groups in total. The molecular weight excluding hydrogens is 330 g/mol. The van der Waals surface area contributed by atoms with Gasteiger partial charge < -0.3 is 14.7 Å². The van der Waals surface area contributed by atoms with Crippen LogP contribution in [0.25, 0.3) is 0 Å². The number of hydrogen-bond acceptors (Lipinski definition) is 3. The van der Waals surface area contributed by atoms with E-state index < -0.39 is 11.4 Å². The highest BCUT2D eigenvalue weighted by Gasteiger charge is 2.45. The minimum atomic E-state index is -0.742. The van der Waals surface area contributed by atoms with Crippen molar-refractivity contribution >= 4 is 11.9 Å². The number of rotatable bonds is 5. The molecule has 1 aromatic carbocycles. The summed E-state index contributed by atoms with van der Waals surface area (Å²) in [7, 11) is 1.67. The molecule has 0 radical (unpaired) electrons. The minimum Gasteiger partial charge on any atom is -0.496 e. The van der Waals surface area contributed by atoms with E-state index in [0.29, 0.717) is 13.1 Å². The molecule has 2 fully saturated rings. The van der Waals surface area contributed by atoms with Crippen LogP contribution >= 0.6 is 0 Å². The van der Waals surface area contributed by atoms with Crippen LogP contribution in [0.15, 0.2) is 18.2 Å². The molecule has 1 saturated heterocycles. The molecule has 0 bridgehead atoms. The quantitative estimate of drug-likeness (QED) is 0.873. The van der Waals surface area contributed by atoms with Crippen LogP contribution in [0.4, 0.5) is 0 Å². The molecule has 5 nitrogen and oxygen atoms in total. The molecule has 2 aliphatic rings. The van der Waals surface area contributed by atoms with Crippen molar-refractivity contribution in [1.82, 2.24) is 4.90 Å². The van der Waals surface area contributed by atoms with Crippen molar-refractivity contribution in [3.05, 3.63) is 29.3 Å². The summed E-state index contributed by atoms with van der Waals surface area (Å²) in [5.74, 6) is 0.501. The van der Waals surface area contributed by atoms with Crippen molar-refractivity contribution in [2.75, 3.05) is 20.2 Å². The highest BCUT2D eigenvalue weighted by atomic mass is 16.5. The molecule has 5 heteroatoms. The Kier molecular flexibility index (Phi) is 5.54. The number of carboxylic acid groups (broad SMARTS) is 1. The summed E-state index contributed by atoms with van der Waals surface area (Å²) < 4.78 is 5.49. The number of piperidine rings is 1. The summed E-state index contributed by atoms with van der Waals surface area (Å²) in [6.45, 7) is 3.35. The zero-order chi connectivity index (χ0) is 18.7. The zero-order valence-corrected chi connectivity index (χ0v) is 15.8. The Morgan fingerprint density at radius 1 is 1.23 bits per heavy atom. The second kappa shape index (κ2) is 7.68. The molecule has 0 aromatic heterocycles. The van der Waals surface area contributed by atoms with E-state index in [2.05, 4.69) is 6.07 Å². The van der Waals surface area contributed by atoms with Crippen LogP contribution in [-0.2, 0) is 15.0 Å². The monoisotopic (exact) mass is 359 g/mol. The average molecular weight is 359 g/mol. The molecule has 1 aromatic rings. The van der Waals surface area contributed by atoms with Gasteiger partial charge in [-0.25, -0.2) is 0 Å². The SMILES string of the molecule is COc1cc(C2(C(=O)N3CCC(CC(=O)O)CC3)CCCC2)ccc1C. The van der Waals surface area contributed by atoms with Crippen molar-refractivity contribution < 1.29 is 19.4 Å². The van der Waals surface area contributed by atoms with Gasteiger partial charge in [0.25, 0.3) is 0 Å². The summed E-state index contributed by atoms with van der Waals surface area (Å²) in [5, 5.41) is 8.98. The van der Waals surface area contributed by atoms with E-state index in [-0.39, 0.29) is 18.2 Å². The number of aliphatic carboxylic acids is 1. The van der Waals surface area contributed by atoms with Gasteiger partial charge in [0, 0.05) is 19.5 Å². The van der Waals surface area contributed by atoms with E-state index in [1.54, 1.807) is 7.11 Å². The third-order valence-corrected chi connectivity index (χ3v) is 6.19. The second-order valence-corrected chi connectivity index (χ2v) is 7.81. The second-order valence-electron chi connectivity index (χ2n) is 7.81. The van der Waals surface area contributed by atoms with Crippen LogP contribution in [0.2, 0.25) is 0 Å². The van der Waals surface area contributed by atoms with E-state index in [1.165, 1.54) is 0 Å². The number of likely N-dealkylation sites (tertiary alicyclic amines) is 1. The Morgan fingerprint density at radius 3 is 2.46 bits per heavy atom. The first kappa shape index (κ1) is 18.7. The smallest absolute Gasteiger partial charge is 0.303 e. The normalized spacial score (nSPS) is 20.2. The molecule has 1 aliphatic heterocycles. The fraction of sp³-hybridized carbons (Fsp3) is 0.619. The number of carbonyl (C=O) groups is 2. The highest BCUT2D eigenvalue weighted by Crippen LogP contribution is 2.44. The number of nitrogens with zero attached hydrogens (tertiary/aromatic N) is 1. The van der Waals surface area contributed by atoms with Crippen LogP contribution in [0.3, 0.4) is 0 Å². The van der Waals surface area contributed by atoms with Gasteiger partial charge in [0.1, 0.15) is 5.75 Å². The fourth-order valence-corrected chi connectivity index (χ4v) is 4.61. The maximum Gasteiger partial charge on any atom is 0.303 e. The van der Waals surface area contributed by atoms with Crippen molar-refractivity contribution in [2.24, 2.45) is 5.92 Å². The van der Waals surface area contributed by atoms with E-state index in [4.69, 9.17) is 9.84 Å². The molecule has 142 valence electrons. The third-order valence-electron chi connectivity index (χ3n) is 6.19. The van der Waals surface area contributed by atoms with E-state index in [0.717, 1.165) is 55.4 Å². The van der Waals surface area contributed by atoms with Crippen molar-refractivity contribution in [3.63, 3.8) is 0 Å². The highest BCUT2D eigenvalue weighted by molar-refractivity contribution is 5.89. The van der Waals surface area contributed by atoms with E-state index >= 15 is 0 Å². The van der Waals surface area contributed by atoms with Crippen molar-refractivity contribution in [1.29, 1.82) is 0 Å². The lowest BCUT2D eigenvalue weighted by Crippen LogP contribution is -2.48.